The summed E-state index contributed by atoms with van der Waals surface area (Å²) < 4.78 is 17.1. The molecule has 0 spiro atoms. The number of ether oxygens (including phenoxy) is 3. The van der Waals surface area contributed by atoms with Crippen LogP contribution in [0.2, 0.25) is 0 Å². The number of carboxylic acids is 1. The minimum atomic E-state index is -1.08. The molecule has 2 aromatic carbocycles. The van der Waals surface area contributed by atoms with Crippen LogP contribution in [0, 0.1) is 12.3 Å². The van der Waals surface area contributed by atoms with Gasteiger partial charge in [-0.1, -0.05) is 37.3 Å². The van der Waals surface area contributed by atoms with Crippen molar-refractivity contribution in [1.82, 2.24) is 0 Å². The summed E-state index contributed by atoms with van der Waals surface area (Å²) in [7, 11) is 0. The third-order valence-electron chi connectivity index (χ3n) is 5.19. The van der Waals surface area contributed by atoms with Crippen molar-refractivity contribution in [3.63, 3.8) is 0 Å². The average Bonchev–Trinajstić information content (AvgIpc) is 2.75. The number of para-hydroxylation sites is 1. The SMILES string of the molecule is CCC(C)(C)C(=O)OCc1cccc(C)c1OCCOc1ccc([C@H](N)C(=O)O)cc1. The average molecular weight is 430 g/mol. The monoisotopic (exact) mass is 429 g/mol. The zero-order valence-corrected chi connectivity index (χ0v) is 18.5. The summed E-state index contributed by atoms with van der Waals surface area (Å²) in [5.41, 5.74) is 7.30. The van der Waals surface area contributed by atoms with Gasteiger partial charge in [-0.05, 0) is 50.5 Å². The molecule has 0 radical (unpaired) electrons. The first-order valence-corrected chi connectivity index (χ1v) is 10.3. The number of hydrogen-bond donors (Lipinski definition) is 2. The van der Waals surface area contributed by atoms with Crippen LogP contribution in [-0.2, 0) is 20.9 Å². The number of benzene rings is 2. The predicted octanol–water partition coefficient (Wildman–Crippen LogP) is 4.02. The summed E-state index contributed by atoms with van der Waals surface area (Å²) in [6.45, 7) is 8.34. The number of rotatable bonds is 11. The van der Waals surface area contributed by atoms with Crippen molar-refractivity contribution in [1.29, 1.82) is 0 Å². The molecule has 0 aliphatic heterocycles. The molecule has 31 heavy (non-hydrogen) atoms. The first-order chi connectivity index (χ1) is 14.7. The Bertz CT molecular complexity index is 891. The summed E-state index contributed by atoms with van der Waals surface area (Å²) in [5.74, 6) is -0.0569. The Morgan fingerprint density at radius 2 is 1.71 bits per heavy atom. The molecule has 0 aliphatic carbocycles. The molecule has 0 saturated carbocycles. The number of aryl methyl sites for hydroxylation is 1. The van der Waals surface area contributed by atoms with Gasteiger partial charge in [-0.15, -0.1) is 0 Å². The standard InChI is InChI=1S/C24H31NO6/c1-5-24(3,4)23(28)31-15-18-8-6-7-16(2)21(18)30-14-13-29-19-11-9-17(10-12-19)20(25)22(26)27/h6-12,20H,5,13-15,25H2,1-4H3,(H,26,27)/t20-/m0/s1. The van der Waals surface area contributed by atoms with Gasteiger partial charge in [0, 0.05) is 5.56 Å². The topological polar surface area (TPSA) is 108 Å². The highest BCUT2D eigenvalue weighted by Crippen LogP contribution is 2.27. The number of esters is 1. The molecule has 0 heterocycles. The Balaban J connectivity index is 1.91. The number of carbonyl (C=O) groups is 2. The highest BCUT2D eigenvalue weighted by atomic mass is 16.5. The largest absolute Gasteiger partial charge is 0.490 e. The van der Waals surface area contributed by atoms with Crippen LogP contribution in [0.1, 0.15) is 49.9 Å². The zero-order chi connectivity index (χ0) is 23.0. The van der Waals surface area contributed by atoms with Gasteiger partial charge in [0.2, 0.25) is 0 Å². The highest BCUT2D eigenvalue weighted by Gasteiger charge is 2.27. The summed E-state index contributed by atoms with van der Waals surface area (Å²) in [5, 5.41) is 8.95. The molecular formula is C24H31NO6. The summed E-state index contributed by atoms with van der Waals surface area (Å²) in [6.07, 6.45) is 0.698. The number of aliphatic carboxylic acids is 1. The number of carboxylic acid groups (broad SMARTS) is 1. The fraction of sp³-hybridized carbons (Fsp3) is 0.417. The van der Waals surface area contributed by atoms with E-state index in [1.807, 2.05) is 45.9 Å². The van der Waals surface area contributed by atoms with E-state index in [2.05, 4.69) is 0 Å². The molecule has 168 valence electrons. The molecule has 7 nitrogen and oxygen atoms in total. The summed E-state index contributed by atoms with van der Waals surface area (Å²) >= 11 is 0. The molecule has 1 atom stereocenters. The third-order valence-corrected chi connectivity index (χ3v) is 5.19. The Kier molecular flexibility index (Phi) is 8.45. The maximum absolute atomic E-state index is 12.3. The molecule has 0 aromatic heterocycles. The second-order valence-electron chi connectivity index (χ2n) is 7.96. The van der Waals surface area contributed by atoms with E-state index in [4.69, 9.17) is 25.1 Å². The van der Waals surface area contributed by atoms with Crippen molar-refractivity contribution in [3.8, 4) is 11.5 Å². The zero-order valence-electron chi connectivity index (χ0n) is 18.5. The second kappa shape index (κ2) is 10.8. The van der Waals surface area contributed by atoms with E-state index in [0.29, 0.717) is 36.7 Å². The van der Waals surface area contributed by atoms with Gasteiger partial charge in [-0.2, -0.15) is 0 Å². The van der Waals surface area contributed by atoms with Crippen LogP contribution in [0.4, 0.5) is 0 Å². The van der Waals surface area contributed by atoms with Crippen LogP contribution >= 0.6 is 0 Å². The molecule has 0 aliphatic rings. The molecule has 2 aromatic rings. The van der Waals surface area contributed by atoms with Gasteiger partial charge < -0.3 is 25.1 Å². The maximum Gasteiger partial charge on any atom is 0.325 e. The lowest BCUT2D eigenvalue weighted by atomic mass is 9.91. The minimum Gasteiger partial charge on any atom is -0.490 e. The van der Waals surface area contributed by atoms with Gasteiger partial charge in [-0.25, -0.2) is 0 Å². The van der Waals surface area contributed by atoms with Gasteiger partial charge in [0.25, 0.3) is 0 Å². The molecule has 0 bridgehead atoms. The number of hydrogen-bond acceptors (Lipinski definition) is 6. The molecular weight excluding hydrogens is 398 g/mol. The van der Waals surface area contributed by atoms with Crippen LogP contribution in [-0.4, -0.2) is 30.3 Å². The van der Waals surface area contributed by atoms with E-state index in [1.54, 1.807) is 24.3 Å². The molecule has 3 N–H and O–H groups in total. The fourth-order valence-electron chi connectivity index (χ4n) is 2.73. The highest BCUT2D eigenvalue weighted by molar-refractivity contribution is 5.76. The van der Waals surface area contributed by atoms with Crippen molar-refractivity contribution in [3.05, 3.63) is 59.2 Å². The van der Waals surface area contributed by atoms with Crippen molar-refractivity contribution in [2.45, 2.75) is 46.8 Å². The van der Waals surface area contributed by atoms with Crippen molar-refractivity contribution < 1.29 is 28.9 Å². The van der Waals surface area contributed by atoms with Crippen molar-refractivity contribution in [2.75, 3.05) is 13.2 Å². The van der Waals surface area contributed by atoms with E-state index < -0.39 is 17.4 Å². The third kappa shape index (κ3) is 6.72. The molecule has 0 amide bonds. The van der Waals surface area contributed by atoms with E-state index in [-0.39, 0.29) is 12.6 Å². The minimum absolute atomic E-state index is 0.144. The van der Waals surface area contributed by atoms with Crippen LogP contribution in [0.5, 0.6) is 11.5 Å². The molecule has 7 heteroatoms. The summed E-state index contributed by atoms with van der Waals surface area (Å²) in [6, 6.07) is 11.2. The molecule has 2 rings (SSSR count). The first-order valence-electron chi connectivity index (χ1n) is 10.3. The predicted molar refractivity (Wildman–Crippen MR) is 117 cm³/mol. The lowest BCUT2D eigenvalue weighted by molar-refractivity contribution is -0.155. The van der Waals surface area contributed by atoms with Crippen molar-refractivity contribution >= 4 is 11.9 Å². The van der Waals surface area contributed by atoms with Gasteiger partial charge in [-0.3, -0.25) is 9.59 Å². The van der Waals surface area contributed by atoms with Crippen LogP contribution in [0.15, 0.2) is 42.5 Å². The van der Waals surface area contributed by atoms with E-state index in [1.165, 1.54) is 0 Å². The Hall–Kier alpha value is -3.06. The molecule has 0 fully saturated rings. The lowest BCUT2D eigenvalue weighted by Crippen LogP contribution is -2.25. The van der Waals surface area contributed by atoms with E-state index >= 15 is 0 Å². The second-order valence-corrected chi connectivity index (χ2v) is 7.96. The summed E-state index contributed by atoms with van der Waals surface area (Å²) in [4.78, 5) is 23.2. The molecule has 0 unspecified atom stereocenters. The number of carbonyl (C=O) groups excluding carboxylic acids is 1. The van der Waals surface area contributed by atoms with Crippen LogP contribution in [0.3, 0.4) is 0 Å². The first kappa shape index (κ1) is 24.2. The van der Waals surface area contributed by atoms with Gasteiger partial charge >= 0.3 is 11.9 Å². The normalized spacial score (nSPS) is 12.2. The maximum atomic E-state index is 12.3. The quantitative estimate of drug-likeness (QED) is 0.410. The number of nitrogens with two attached hydrogens (primary N) is 1. The van der Waals surface area contributed by atoms with Crippen LogP contribution < -0.4 is 15.2 Å². The smallest absolute Gasteiger partial charge is 0.325 e. The van der Waals surface area contributed by atoms with Gasteiger partial charge in [0.05, 0.1) is 5.41 Å². The van der Waals surface area contributed by atoms with E-state index in [9.17, 15) is 9.59 Å². The van der Waals surface area contributed by atoms with Crippen LogP contribution in [0.25, 0.3) is 0 Å². The lowest BCUT2D eigenvalue weighted by Gasteiger charge is -2.21. The van der Waals surface area contributed by atoms with E-state index in [0.717, 1.165) is 11.1 Å². The van der Waals surface area contributed by atoms with Crippen molar-refractivity contribution in [2.24, 2.45) is 11.1 Å². The fourth-order valence-corrected chi connectivity index (χ4v) is 2.73. The Morgan fingerprint density at radius 1 is 1.06 bits per heavy atom. The van der Waals surface area contributed by atoms with Gasteiger partial charge in [0.1, 0.15) is 37.4 Å². The Morgan fingerprint density at radius 3 is 2.32 bits per heavy atom. The Labute approximate surface area is 183 Å². The molecule has 0 saturated heterocycles. The van der Waals surface area contributed by atoms with Gasteiger partial charge in [0.15, 0.2) is 0 Å².